The fourth-order valence-electron chi connectivity index (χ4n) is 2.00. The van der Waals surface area contributed by atoms with E-state index in [2.05, 4.69) is 37.3 Å². The van der Waals surface area contributed by atoms with Gasteiger partial charge < -0.3 is 0 Å². The Kier molecular flexibility index (Phi) is 6.90. The van der Waals surface area contributed by atoms with Gasteiger partial charge in [-0.05, 0) is 18.8 Å². The van der Waals surface area contributed by atoms with Gasteiger partial charge in [0.2, 0.25) is 0 Å². The highest BCUT2D eigenvalue weighted by atomic mass is 15.4. The molecule has 1 rings (SSSR count). The predicted molar refractivity (Wildman–Crippen MR) is 71.9 cm³/mol. The molecule has 0 fully saturated rings. The minimum atomic E-state index is 0.849. The van der Waals surface area contributed by atoms with Gasteiger partial charge in [-0.3, -0.25) is 4.68 Å². The molecule has 0 bridgehead atoms. The third-order valence-electron chi connectivity index (χ3n) is 3.01. The van der Waals surface area contributed by atoms with E-state index in [1.165, 1.54) is 32.1 Å². The Bertz CT molecular complexity index is 291. The summed E-state index contributed by atoms with van der Waals surface area (Å²) in [5.41, 5.74) is 1.13. The summed E-state index contributed by atoms with van der Waals surface area (Å²) < 4.78 is 1.99. The third-order valence-corrected chi connectivity index (χ3v) is 3.01. The van der Waals surface area contributed by atoms with Gasteiger partial charge in [-0.1, -0.05) is 58.1 Å². The van der Waals surface area contributed by atoms with Crippen molar-refractivity contribution in [1.29, 1.82) is 0 Å². The molecule has 0 radical (unpaired) electrons. The number of rotatable bonds is 9. The normalized spacial score (nSPS) is 11.3. The molecule has 0 saturated heterocycles. The van der Waals surface area contributed by atoms with Gasteiger partial charge in [0.25, 0.3) is 0 Å². The zero-order valence-electron chi connectivity index (χ0n) is 11.7. The maximum absolute atomic E-state index is 4.16. The maximum Gasteiger partial charge on any atom is 0.0827 e. The van der Waals surface area contributed by atoms with E-state index >= 15 is 0 Å². The molecular formula is C14H27N3. The van der Waals surface area contributed by atoms with Crippen LogP contribution in [-0.4, -0.2) is 15.0 Å². The first kappa shape index (κ1) is 14.2. The van der Waals surface area contributed by atoms with Crippen molar-refractivity contribution in [3.8, 4) is 0 Å². The van der Waals surface area contributed by atoms with Crippen LogP contribution in [0.3, 0.4) is 0 Å². The van der Waals surface area contributed by atoms with E-state index in [4.69, 9.17) is 0 Å². The summed E-state index contributed by atoms with van der Waals surface area (Å²) in [4.78, 5) is 0. The first-order valence-corrected chi connectivity index (χ1v) is 7.11. The lowest BCUT2D eigenvalue weighted by atomic mass is 10.0. The van der Waals surface area contributed by atoms with Crippen LogP contribution >= 0.6 is 0 Å². The van der Waals surface area contributed by atoms with E-state index in [-0.39, 0.29) is 0 Å². The van der Waals surface area contributed by atoms with E-state index in [1.54, 1.807) is 0 Å². The molecule has 0 aliphatic heterocycles. The molecule has 0 N–H and O–H groups in total. The van der Waals surface area contributed by atoms with Crippen LogP contribution in [0.1, 0.15) is 65.0 Å². The van der Waals surface area contributed by atoms with E-state index in [9.17, 15) is 0 Å². The van der Waals surface area contributed by atoms with Gasteiger partial charge >= 0.3 is 0 Å². The summed E-state index contributed by atoms with van der Waals surface area (Å²) in [5, 5.41) is 8.30. The van der Waals surface area contributed by atoms with E-state index in [0.29, 0.717) is 0 Å². The van der Waals surface area contributed by atoms with Crippen LogP contribution in [0.4, 0.5) is 0 Å². The average molecular weight is 237 g/mol. The average Bonchev–Trinajstić information content (AvgIpc) is 2.71. The van der Waals surface area contributed by atoms with Crippen molar-refractivity contribution in [1.82, 2.24) is 15.0 Å². The molecule has 0 atom stereocenters. The van der Waals surface area contributed by atoms with Gasteiger partial charge in [0, 0.05) is 12.7 Å². The van der Waals surface area contributed by atoms with Gasteiger partial charge in [0.15, 0.2) is 0 Å². The molecule has 0 unspecified atom stereocenters. The van der Waals surface area contributed by atoms with Crippen LogP contribution in [0.15, 0.2) is 6.20 Å². The van der Waals surface area contributed by atoms with Crippen molar-refractivity contribution in [2.24, 2.45) is 5.92 Å². The lowest BCUT2D eigenvalue weighted by Crippen LogP contribution is -1.98. The van der Waals surface area contributed by atoms with E-state index in [1.807, 2.05) is 4.68 Å². The summed E-state index contributed by atoms with van der Waals surface area (Å²) in [6.45, 7) is 7.79. The van der Waals surface area contributed by atoms with Gasteiger partial charge in [0.05, 0.1) is 5.69 Å². The molecule has 0 spiro atoms. The largest absolute Gasteiger partial charge is 0.252 e. The fraction of sp³-hybridized carbons (Fsp3) is 0.857. The second-order valence-corrected chi connectivity index (χ2v) is 5.32. The Labute approximate surface area is 106 Å². The van der Waals surface area contributed by atoms with Gasteiger partial charge in [-0.2, -0.15) is 0 Å². The fourth-order valence-corrected chi connectivity index (χ4v) is 2.00. The summed E-state index contributed by atoms with van der Waals surface area (Å²) in [7, 11) is 0. The minimum Gasteiger partial charge on any atom is -0.252 e. The van der Waals surface area contributed by atoms with Gasteiger partial charge in [-0.25, -0.2) is 0 Å². The first-order valence-electron chi connectivity index (χ1n) is 7.11. The Hall–Kier alpha value is -0.860. The monoisotopic (exact) mass is 237 g/mol. The quantitative estimate of drug-likeness (QED) is 0.611. The van der Waals surface area contributed by atoms with Crippen molar-refractivity contribution in [3.05, 3.63) is 11.9 Å². The zero-order valence-corrected chi connectivity index (χ0v) is 11.7. The first-order chi connectivity index (χ1) is 8.22. The number of nitrogens with zero attached hydrogens (tertiary/aromatic N) is 3. The summed E-state index contributed by atoms with van der Waals surface area (Å²) in [6, 6.07) is 0. The molecule has 3 heteroatoms. The lowest BCUT2D eigenvalue weighted by Gasteiger charge is -2.04. The maximum atomic E-state index is 4.16. The summed E-state index contributed by atoms with van der Waals surface area (Å²) in [6.07, 6.45) is 10.9. The Morgan fingerprint density at radius 2 is 1.94 bits per heavy atom. The second kappa shape index (κ2) is 8.26. The Balaban J connectivity index is 2.05. The molecule has 0 aliphatic carbocycles. The smallest absolute Gasteiger partial charge is 0.0827 e. The van der Waals surface area contributed by atoms with Crippen molar-refractivity contribution in [3.63, 3.8) is 0 Å². The highest BCUT2D eigenvalue weighted by molar-refractivity contribution is 4.91. The molecule has 0 amide bonds. The standard InChI is InChI=1S/C14H27N3/c1-4-9-14-12-17(16-15-14)11-8-6-5-7-10-13(2)3/h12-13H,4-11H2,1-3H3. The Morgan fingerprint density at radius 1 is 1.18 bits per heavy atom. The van der Waals surface area contributed by atoms with Gasteiger partial charge in [0.1, 0.15) is 0 Å². The van der Waals surface area contributed by atoms with Gasteiger partial charge in [-0.15, -0.1) is 5.10 Å². The van der Waals surface area contributed by atoms with Crippen molar-refractivity contribution in [2.45, 2.75) is 72.3 Å². The number of hydrogen-bond donors (Lipinski definition) is 0. The number of aryl methyl sites for hydroxylation is 2. The topological polar surface area (TPSA) is 30.7 Å². The number of hydrogen-bond acceptors (Lipinski definition) is 2. The predicted octanol–water partition coefficient (Wildman–Crippen LogP) is 3.84. The van der Waals surface area contributed by atoms with E-state index in [0.717, 1.165) is 31.0 Å². The van der Waals surface area contributed by atoms with Crippen LogP contribution in [0, 0.1) is 5.92 Å². The molecule has 17 heavy (non-hydrogen) atoms. The highest BCUT2D eigenvalue weighted by Crippen LogP contribution is 2.10. The highest BCUT2D eigenvalue weighted by Gasteiger charge is 1.99. The molecule has 1 aromatic heterocycles. The number of aromatic nitrogens is 3. The van der Waals surface area contributed by atoms with Crippen LogP contribution in [0.2, 0.25) is 0 Å². The molecule has 0 aromatic carbocycles. The molecule has 1 aromatic rings. The Morgan fingerprint density at radius 3 is 2.65 bits per heavy atom. The van der Waals surface area contributed by atoms with Crippen LogP contribution in [-0.2, 0) is 13.0 Å². The third kappa shape index (κ3) is 6.44. The summed E-state index contributed by atoms with van der Waals surface area (Å²) >= 11 is 0. The molecule has 98 valence electrons. The van der Waals surface area contributed by atoms with Crippen LogP contribution < -0.4 is 0 Å². The molecule has 1 heterocycles. The zero-order chi connectivity index (χ0) is 12.5. The lowest BCUT2D eigenvalue weighted by molar-refractivity contribution is 0.489. The summed E-state index contributed by atoms with van der Waals surface area (Å²) in [5.74, 6) is 0.849. The molecule has 0 aliphatic rings. The minimum absolute atomic E-state index is 0.849. The second-order valence-electron chi connectivity index (χ2n) is 5.32. The van der Waals surface area contributed by atoms with Crippen molar-refractivity contribution >= 4 is 0 Å². The van der Waals surface area contributed by atoms with Crippen LogP contribution in [0.25, 0.3) is 0 Å². The molecular weight excluding hydrogens is 210 g/mol. The number of unbranched alkanes of at least 4 members (excludes halogenated alkanes) is 3. The molecule has 0 saturated carbocycles. The van der Waals surface area contributed by atoms with Crippen molar-refractivity contribution < 1.29 is 0 Å². The van der Waals surface area contributed by atoms with E-state index < -0.39 is 0 Å². The van der Waals surface area contributed by atoms with Crippen molar-refractivity contribution in [2.75, 3.05) is 0 Å². The SMILES string of the molecule is CCCc1cn(CCCCCCC(C)C)nn1. The molecule has 3 nitrogen and oxygen atoms in total. The van der Waals surface area contributed by atoms with Crippen LogP contribution in [0.5, 0.6) is 0 Å².